The molecule has 0 saturated heterocycles. The SMILES string of the molecule is CCCCC1=C[C@H](O)CCC1. The fourth-order valence-corrected chi connectivity index (χ4v) is 1.59. The van der Waals surface area contributed by atoms with Gasteiger partial charge in [0.15, 0.2) is 0 Å². The zero-order chi connectivity index (χ0) is 8.10. The first-order chi connectivity index (χ1) is 5.33. The molecular weight excluding hydrogens is 136 g/mol. The molecule has 0 radical (unpaired) electrons. The molecule has 1 heteroatoms. The van der Waals surface area contributed by atoms with Gasteiger partial charge in [-0.2, -0.15) is 0 Å². The molecular formula is C10H18O. The predicted molar refractivity (Wildman–Crippen MR) is 47.5 cm³/mol. The minimum Gasteiger partial charge on any atom is -0.389 e. The lowest BCUT2D eigenvalue weighted by molar-refractivity contribution is 0.201. The van der Waals surface area contributed by atoms with E-state index in [1.807, 2.05) is 0 Å². The lowest BCUT2D eigenvalue weighted by atomic mass is 9.94. The van der Waals surface area contributed by atoms with Crippen molar-refractivity contribution in [1.29, 1.82) is 0 Å². The van der Waals surface area contributed by atoms with Crippen molar-refractivity contribution in [3.63, 3.8) is 0 Å². The quantitative estimate of drug-likeness (QED) is 0.619. The Morgan fingerprint density at radius 2 is 2.45 bits per heavy atom. The van der Waals surface area contributed by atoms with Crippen LogP contribution in [0.1, 0.15) is 45.4 Å². The van der Waals surface area contributed by atoms with Crippen LogP contribution >= 0.6 is 0 Å². The fraction of sp³-hybridized carbons (Fsp3) is 0.800. The van der Waals surface area contributed by atoms with E-state index in [9.17, 15) is 5.11 Å². The Labute approximate surface area is 69.1 Å². The van der Waals surface area contributed by atoms with Crippen molar-refractivity contribution in [2.24, 2.45) is 0 Å². The summed E-state index contributed by atoms with van der Waals surface area (Å²) in [5, 5.41) is 9.30. The number of hydrogen-bond donors (Lipinski definition) is 1. The predicted octanol–water partition coefficient (Wildman–Crippen LogP) is 2.65. The molecule has 1 N–H and O–H groups in total. The van der Waals surface area contributed by atoms with Crippen molar-refractivity contribution in [2.45, 2.75) is 51.6 Å². The zero-order valence-electron chi connectivity index (χ0n) is 7.34. The van der Waals surface area contributed by atoms with Crippen molar-refractivity contribution in [2.75, 3.05) is 0 Å². The van der Waals surface area contributed by atoms with Gasteiger partial charge in [-0.3, -0.25) is 0 Å². The number of aliphatic hydroxyl groups is 1. The highest BCUT2D eigenvalue weighted by Crippen LogP contribution is 2.21. The van der Waals surface area contributed by atoms with Gasteiger partial charge in [0.1, 0.15) is 0 Å². The fourth-order valence-electron chi connectivity index (χ4n) is 1.59. The van der Waals surface area contributed by atoms with Crippen LogP contribution in [0.2, 0.25) is 0 Å². The molecule has 0 amide bonds. The van der Waals surface area contributed by atoms with E-state index in [0.29, 0.717) is 0 Å². The number of aliphatic hydroxyl groups excluding tert-OH is 1. The number of hydrogen-bond acceptors (Lipinski definition) is 1. The van der Waals surface area contributed by atoms with Crippen LogP contribution in [0, 0.1) is 0 Å². The lowest BCUT2D eigenvalue weighted by Crippen LogP contribution is -2.08. The molecule has 0 aromatic carbocycles. The van der Waals surface area contributed by atoms with Gasteiger partial charge >= 0.3 is 0 Å². The van der Waals surface area contributed by atoms with E-state index >= 15 is 0 Å². The molecule has 0 aromatic rings. The normalized spacial score (nSPS) is 24.9. The molecule has 1 nitrogen and oxygen atoms in total. The van der Waals surface area contributed by atoms with Crippen LogP contribution in [0.4, 0.5) is 0 Å². The molecule has 0 heterocycles. The summed E-state index contributed by atoms with van der Waals surface area (Å²) in [6, 6.07) is 0. The Kier molecular flexibility index (Phi) is 3.64. The summed E-state index contributed by atoms with van der Waals surface area (Å²) in [6.45, 7) is 2.21. The first kappa shape index (κ1) is 8.79. The average Bonchev–Trinajstić information content (AvgIpc) is 2.01. The van der Waals surface area contributed by atoms with Crippen LogP contribution in [-0.4, -0.2) is 11.2 Å². The van der Waals surface area contributed by atoms with Gasteiger partial charge in [0.2, 0.25) is 0 Å². The van der Waals surface area contributed by atoms with Crippen molar-refractivity contribution in [1.82, 2.24) is 0 Å². The van der Waals surface area contributed by atoms with Gasteiger partial charge in [-0.15, -0.1) is 0 Å². The van der Waals surface area contributed by atoms with Crippen LogP contribution in [0.5, 0.6) is 0 Å². The van der Waals surface area contributed by atoms with Crippen LogP contribution < -0.4 is 0 Å². The van der Waals surface area contributed by atoms with E-state index in [-0.39, 0.29) is 6.10 Å². The molecule has 0 bridgehead atoms. The van der Waals surface area contributed by atoms with Crippen molar-refractivity contribution in [3.05, 3.63) is 11.6 Å². The minimum absolute atomic E-state index is 0.143. The zero-order valence-corrected chi connectivity index (χ0v) is 7.34. The second-order valence-corrected chi connectivity index (χ2v) is 3.39. The van der Waals surface area contributed by atoms with E-state index < -0.39 is 0 Å². The minimum atomic E-state index is -0.143. The average molecular weight is 154 g/mol. The highest BCUT2D eigenvalue weighted by molar-refractivity contribution is 5.08. The summed E-state index contributed by atoms with van der Waals surface area (Å²) in [4.78, 5) is 0. The van der Waals surface area contributed by atoms with Gasteiger partial charge in [-0.25, -0.2) is 0 Å². The molecule has 0 saturated carbocycles. The molecule has 0 spiro atoms. The standard InChI is InChI=1S/C10H18O/c1-2-3-5-9-6-4-7-10(11)8-9/h8,10-11H,2-7H2,1H3/t10-/m1/s1. The highest BCUT2D eigenvalue weighted by Gasteiger charge is 2.09. The van der Waals surface area contributed by atoms with Gasteiger partial charge in [0.05, 0.1) is 6.10 Å². The summed E-state index contributed by atoms with van der Waals surface area (Å²) in [6.07, 6.45) is 9.01. The summed E-state index contributed by atoms with van der Waals surface area (Å²) >= 11 is 0. The van der Waals surface area contributed by atoms with E-state index in [1.54, 1.807) is 0 Å². The maximum absolute atomic E-state index is 9.30. The number of rotatable bonds is 3. The molecule has 1 rings (SSSR count). The van der Waals surface area contributed by atoms with E-state index in [2.05, 4.69) is 13.0 Å². The Hall–Kier alpha value is -0.300. The van der Waals surface area contributed by atoms with Gasteiger partial charge < -0.3 is 5.11 Å². The Morgan fingerprint density at radius 3 is 3.09 bits per heavy atom. The third-order valence-electron chi connectivity index (χ3n) is 2.28. The first-order valence-corrected chi connectivity index (χ1v) is 4.70. The number of allylic oxidation sites excluding steroid dienone is 1. The summed E-state index contributed by atoms with van der Waals surface area (Å²) in [7, 11) is 0. The molecule has 0 fully saturated rings. The molecule has 11 heavy (non-hydrogen) atoms. The molecule has 0 aromatic heterocycles. The summed E-state index contributed by atoms with van der Waals surface area (Å²) in [5.41, 5.74) is 1.48. The van der Waals surface area contributed by atoms with Crippen LogP contribution in [0.3, 0.4) is 0 Å². The van der Waals surface area contributed by atoms with E-state index in [4.69, 9.17) is 0 Å². The molecule has 0 aliphatic heterocycles. The van der Waals surface area contributed by atoms with Gasteiger partial charge in [-0.1, -0.05) is 25.0 Å². The van der Waals surface area contributed by atoms with Gasteiger partial charge in [-0.05, 0) is 32.1 Å². The van der Waals surface area contributed by atoms with Crippen LogP contribution in [0.15, 0.2) is 11.6 Å². The number of unbranched alkanes of at least 4 members (excludes halogenated alkanes) is 1. The molecule has 1 aliphatic rings. The Bertz CT molecular complexity index is 138. The third-order valence-corrected chi connectivity index (χ3v) is 2.28. The highest BCUT2D eigenvalue weighted by atomic mass is 16.3. The summed E-state index contributed by atoms with van der Waals surface area (Å²) in [5.74, 6) is 0. The third kappa shape index (κ3) is 3.06. The second kappa shape index (κ2) is 4.55. The first-order valence-electron chi connectivity index (χ1n) is 4.70. The Morgan fingerprint density at radius 1 is 1.64 bits per heavy atom. The van der Waals surface area contributed by atoms with E-state index in [0.717, 1.165) is 6.42 Å². The smallest absolute Gasteiger partial charge is 0.0723 e. The van der Waals surface area contributed by atoms with Crippen LogP contribution in [-0.2, 0) is 0 Å². The second-order valence-electron chi connectivity index (χ2n) is 3.39. The molecule has 0 unspecified atom stereocenters. The maximum Gasteiger partial charge on any atom is 0.0723 e. The Balaban J connectivity index is 2.31. The topological polar surface area (TPSA) is 20.2 Å². The monoisotopic (exact) mass is 154 g/mol. The molecule has 1 atom stereocenters. The van der Waals surface area contributed by atoms with E-state index in [1.165, 1.54) is 37.7 Å². The van der Waals surface area contributed by atoms with Crippen molar-refractivity contribution < 1.29 is 5.11 Å². The lowest BCUT2D eigenvalue weighted by Gasteiger charge is -2.16. The van der Waals surface area contributed by atoms with Gasteiger partial charge in [0, 0.05) is 0 Å². The van der Waals surface area contributed by atoms with Crippen LogP contribution in [0.25, 0.3) is 0 Å². The largest absolute Gasteiger partial charge is 0.389 e. The van der Waals surface area contributed by atoms with Gasteiger partial charge in [0.25, 0.3) is 0 Å². The van der Waals surface area contributed by atoms with Crippen molar-refractivity contribution >= 4 is 0 Å². The maximum atomic E-state index is 9.30. The molecule has 1 aliphatic carbocycles. The summed E-state index contributed by atoms with van der Waals surface area (Å²) < 4.78 is 0. The molecule has 64 valence electrons. The van der Waals surface area contributed by atoms with Crippen molar-refractivity contribution in [3.8, 4) is 0 Å².